The average Bonchev–Trinajstić information content (AvgIpc) is 2.54. The zero-order chi connectivity index (χ0) is 8.39. The van der Waals surface area contributed by atoms with Crippen LogP contribution in [0.5, 0.6) is 0 Å². The normalized spacial score (nSPS) is 10.1. The van der Waals surface area contributed by atoms with Crippen LogP contribution in [-0.4, -0.2) is 9.55 Å². The van der Waals surface area contributed by atoms with E-state index in [-0.39, 0.29) is 0 Å². The Balaban J connectivity index is 2.45. The van der Waals surface area contributed by atoms with Gasteiger partial charge in [-0.3, -0.25) is 0 Å². The van der Waals surface area contributed by atoms with Crippen LogP contribution in [0, 0.1) is 6.07 Å². The molecular weight excluding hydrogens is 148 g/mol. The SMILES string of the molecule is Cn1cnc(-c2c[c]ccc2)c1. The van der Waals surface area contributed by atoms with Crippen LogP contribution in [0.1, 0.15) is 0 Å². The van der Waals surface area contributed by atoms with Crippen LogP contribution >= 0.6 is 0 Å². The standard InChI is InChI=1S/C10H9N2/c1-12-7-10(11-8-12)9-5-3-2-4-6-9/h2-3,5-8H,1H3. The summed E-state index contributed by atoms with van der Waals surface area (Å²) in [5.41, 5.74) is 2.10. The summed E-state index contributed by atoms with van der Waals surface area (Å²) in [7, 11) is 1.96. The largest absolute Gasteiger partial charge is 0.340 e. The minimum absolute atomic E-state index is 0.995. The van der Waals surface area contributed by atoms with Gasteiger partial charge in [-0.25, -0.2) is 4.98 Å². The smallest absolute Gasteiger partial charge is 0.0951 e. The fraction of sp³-hybridized carbons (Fsp3) is 0.100. The van der Waals surface area contributed by atoms with Gasteiger partial charge in [0.15, 0.2) is 0 Å². The molecule has 0 aliphatic rings. The van der Waals surface area contributed by atoms with Crippen LogP contribution in [-0.2, 0) is 7.05 Å². The van der Waals surface area contributed by atoms with Gasteiger partial charge in [-0.05, 0) is 12.1 Å². The Hall–Kier alpha value is -1.57. The molecule has 0 spiro atoms. The maximum absolute atomic E-state index is 4.23. The molecule has 2 nitrogen and oxygen atoms in total. The van der Waals surface area contributed by atoms with Gasteiger partial charge in [-0.15, -0.1) is 0 Å². The second-order valence-electron chi connectivity index (χ2n) is 2.72. The first-order valence-corrected chi connectivity index (χ1v) is 3.81. The van der Waals surface area contributed by atoms with Gasteiger partial charge in [-0.2, -0.15) is 0 Å². The Morgan fingerprint density at radius 2 is 2.42 bits per heavy atom. The zero-order valence-corrected chi connectivity index (χ0v) is 6.86. The van der Waals surface area contributed by atoms with Crippen molar-refractivity contribution in [2.75, 3.05) is 0 Å². The highest BCUT2D eigenvalue weighted by Crippen LogP contribution is 2.14. The number of hydrogen-bond donors (Lipinski definition) is 0. The molecule has 0 bridgehead atoms. The summed E-state index contributed by atoms with van der Waals surface area (Å²) >= 11 is 0. The van der Waals surface area contributed by atoms with E-state index in [0.29, 0.717) is 0 Å². The lowest BCUT2D eigenvalue weighted by Gasteiger charge is -1.92. The van der Waals surface area contributed by atoms with E-state index in [1.54, 1.807) is 6.33 Å². The molecular formula is C10H9N2. The Bertz CT molecular complexity index is 362. The van der Waals surface area contributed by atoms with Crippen molar-refractivity contribution in [2.45, 2.75) is 0 Å². The minimum atomic E-state index is 0.995. The van der Waals surface area contributed by atoms with Crippen molar-refractivity contribution in [3.05, 3.63) is 42.9 Å². The lowest BCUT2D eigenvalue weighted by molar-refractivity contribution is 0.913. The van der Waals surface area contributed by atoms with E-state index in [0.717, 1.165) is 11.3 Å². The van der Waals surface area contributed by atoms with Gasteiger partial charge in [0.2, 0.25) is 0 Å². The predicted molar refractivity (Wildman–Crippen MR) is 47.5 cm³/mol. The molecule has 1 aromatic carbocycles. The van der Waals surface area contributed by atoms with Crippen molar-refractivity contribution in [1.82, 2.24) is 9.55 Å². The molecule has 0 saturated carbocycles. The summed E-state index contributed by atoms with van der Waals surface area (Å²) in [6.45, 7) is 0. The average molecular weight is 157 g/mol. The lowest BCUT2D eigenvalue weighted by atomic mass is 10.2. The quantitative estimate of drug-likeness (QED) is 0.618. The van der Waals surface area contributed by atoms with Gasteiger partial charge in [-0.1, -0.05) is 18.2 Å². The molecule has 1 heterocycles. The van der Waals surface area contributed by atoms with Gasteiger partial charge in [0.25, 0.3) is 0 Å². The van der Waals surface area contributed by atoms with Crippen LogP contribution in [0.15, 0.2) is 36.8 Å². The number of benzene rings is 1. The third kappa shape index (κ3) is 1.23. The molecule has 0 fully saturated rings. The van der Waals surface area contributed by atoms with E-state index in [1.165, 1.54) is 0 Å². The van der Waals surface area contributed by atoms with Crippen LogP contribution in [0.25, 0.3) is 11.3 Å². The first kappa shape index (κ1) is 7.10. The predicted octanol–water partition coefficient (Wildman–Crippen LogP) is 1.89. The summed E-state index contributed by atoms with van der Waals surface area (Å²) in [6.07, 6.45) is 3.78. The molecule has 0 aliphatic carbocycles. The highest BCUT2D eigenvalue weighted by molar-refractivity contribution is 5.57. The second kappa shape index (κ2) is 2.81. The van der Waals surface area contributed by atoms with Crippen molar-refractivity contribution < 1.29 is 0 Å². The highest BCUT2D eigenvalue weighted by atomic mass is 15.0. The first-order chi connectivity index (χ1) is 5.86. The topological polar surface area (TPSA) is 17.8 Å². The molecule has 0 atom stereocenters. The zero-order valence-electron chi connectivity index (χ0n) is 6.86. The molecule has 0 aliphatic heterocycles. The summed E-state index contributed by atoms with van der Waals surface area (Å²) in [5, 5.41) is 0. The number of imidazole rings is 1. The molecule has 2 aromatic rings. The van der Waals surface area contributed by atoms with Gasteiger partial charge >= 0.3 is 0 Å². The molecule has 0 N–H and O–H groups in total. The van der Waals surface area contributed by atoms with Gasteiger partial charge in [0.1, 0.15) is 0 Å². The number of hydrogen-bond acceptors (Lipinski definition) is 1. The van der Waals surface area contributed by atoms with Crippen LogP contribution in [0.2, 0.25) is 0 Å². The van der Waals surface area contributed by atoms with Gasteiger partial charge in [0, 0.05) is 18.8 Å². The fourth-order valence-electron chi connectivity index (χ4n) is 1.11. The minimum Gasteiger partial charge on any atom is -0.340 e. The summed E-state index contributed by atoms with van der Waals surface area (Å²) in [5.74, 6) is 0. The molecule has 2 rings (SSSR count). The molecule has 1 radical (unpaired) electrons. The maximum atomic E-state index is 4.23. The first-order valence-electron chi connectivity index (χ1n) is 3.81. The Labute approximate surface area is 71.5 Å². The molecule has 0 saturated heterocycles. The summed E-state index contributed by atoms with van der Waals surface area (Å²) in [4.78, 5) is 4.23. The Morgan fingerprint density at radius 1 is 1.50 bits per heavy atom. The Morgan fingerprint density at radius 3 is 3.00 bits per heavy atom. The van der Waals surface area contributed by atoms with Crippen LogP contribution in [0.3, 0.4) is 0 Å². The fourth-order valence-corrected chi connectivity index (χ4v) is 1.11. The third-order valence-electron chi connectivity index (χ3n) is 1.71. The van der Waals surface area contributed by atoms with E-state index >= 15 is 0 Å². The highest BCUT2D eigenvalue weighted by Gasteiger charge is 1.97. The van der Waals surface area contributed by atoms with E-state index in [1.807, 2.05) is 42.1 Å². The molecule has 1 aromatic heterocycles. The van der Waals surface area contributed by atoms with Crippen molar-refractivity contribution >= 4 is 0 Å². The van der Waals surface area contributed by atoms with Gasteiger partial charge < -0.3 is 4.57 Å². The number of nitrogens with zero attached hydrogens (tertiary/aromatic N) is 2. The molecule has 12 heavy (non-hydrogen) atoms. The van der Waals surface area contributed by atoms with Crippen molar-refractivity contribution in [1.29, 1.82) is 0 Å². The monoisotopic (exact) mass is 157 g/mol. The van der Waals surface area contributed by atoms with Crippen molar-refractivity contribution in [3.63, 3.8) is 0 Å². The van der Waals surface area contributed by atoms with Crippen LogP contribution in [0.4, 0.5) is 0 Å². The lowest BCUT2D eigenvalue weighted by Crippen LogP contribution is -1.78. The number of rotatable bonds is 1. The third-order valence-corrected chi connectivity index (χ3v) is 1.71. The summed E-state index contributed by atoms with van der Waals surface area (Å²) in [6, 6.07) is 10.8. The second-order valence-corrected chi connectivity index (χ2v) is 2.72. The van der Waals surface area contributed by atoms with E-state index in [4.69, 9.17) is 0 Å². The van der Waals surface area contributed by atoms with Crippen molar-refractivity contribution in [2.24, 2.45) is 7.05 Å². The van der Waals surface area contributed by atoms with Crippen molar-refractivity contribution in [3.8, 4) is 11.3 Å². The van der Waals surface area contributed by atoms with E-state index < -0.39 is 0 Å². The van der Waals surface area contributed by atoms with E-state index in [9.17, 15) is 0 Å². The molecule has 2 heteroatoms. The molecule has 0 amide bonds. The van der Waals surface area contributed by atoms with E-state index in [2.05, 4.69) is 11.1 Å². The maximum Gasteiger partial charge on any atom is 0.0951 e. The van der Waals surface area contributed by atoms with Crippen LogP contribution < -0.4 is 0 Å². The molecule has 0 unspecified atom stereocenters. The number of aromatic nitrogens is 2. The summed E-state index contributed by atoms with van der Waals surface area (Å²) < 4.78 is 1.93. The van der Waals surface area contributed by atoms with Gasteiger partial charge in [0.05, 0.1) is 12.0 Å². The molecule has 59 valence electrons. The number of aryl methyl sites for hydroxylation is 1. The Kier molecular flexibility index (Phi) is 1.67.